The summed E-state index contributed by atoms with van der Waals surface area (Å²) in [6.45, 7) is 11.6. The van der Waals surface area contributed by atoms with Crippen LogP contribution < -0.4 is 0 Å². The van der Waals surface area contributed by atoms with Crippen molar-refractivity contribution >= 4 is 0 Å². The van der Waals surface area contributed by atoms with Gasteiger partial charge in [0.15, 0.2) is 0 Å². The first-order valence-electron chi connectivity index (χ1n) is 9.81. The van der Waals surface area contributed by atoms with Gasteiger partial charge in [-0.3, -0.25) is 0 Å². The number of aromatic hydroxyl groups is 1. The van der Waals surface area contributed by atoms with E-state index in [1.54, 1.807) is 0 Å². The molecule has 24 heavy (non-hydrogen) atoms. The van der Waals surface area contributed by atoms with Crippen molar-refractivity contribution in [2.24, 2.45) is 11.3 Å². The summed E-state index contributed by atoms with van der Waals surface area (Å²) >= 11 is 0. The number of nitrogens with zero attached hydrogens (tertiary/aromatic N) is 1. The van der Waals surface area contributed by atoms with Crippen LogP contribution in [0.3, 0.4) is 0 Å². The van der Waals surface area contributed by atoms with Crippen LogP contribution in [-0.4, -0.2) is 30.1 Å². The molecule has 2 nitrogen and oxygen atoms in total. The predicted molar refractivity (Wildman–Crippen MR) is 102 cm³/mol. The predicted octanol–water partition coefficient (Wildman–Crippen LogP) is 5.05. The molecule has 1 atom stereocenters. The Labute approximate surface area is 148 Å². The molecular formula is C22H35NO. The average molecular weight is 330 g/mol. The molecule has 0 radical (unpaired) electrons. The normalized spacial score (nSPS) is 26.2. The van der Waals surface area contributed by atoms with Crippen molar-refractivity contribution in [3.8, 4) is 5.75 Å². The molecule has 1 aromatic carbocycles. The lowest BCUT2D eigenvalue weighted by Gasteiger charge is -2.46. The first kappa shape index (κ1) is 17.8. The zero-order valence-electron chi connectivity index (χ0n) is 16.3. The maximum atomic E-state index is 10.4. The summed E-state index contributed by atoms with van der Waals surface area (Å²) in [6.07, 6.45) is 7.68. The van der Waals surface area contributed by atoms with Crippen LogP contribution in [0.5, 0.6) is 5.75 Å². The van der Waals surface area contributed by atoms with Gasteiger partial charge in [-0.15, -0.1) is 0 Å². The van der Waals surface area contributed by atoms with Crippen LogP contribution in [0, 0.1) is 18.3 Å². The highest BCUT2D eigenvalue weighted by Crippen LogP contribution is 2.56. The van der Waals surface area contributed by atoms with Gasteiger partial charge in [-0.2, -0.15) is 0 Å². The van der Waals surface area contributed by atoms with Gasteiger partial charge in [0.1, 0.15) is 5.75 Å². The van der Waals surface area contributed by atoms with Gasteiger partial charge >= 0.3 is 0 Å². The highest BCUT2D eigenvalue weighted by atomic mass is 16.3. The van der Waals surface area contributed by atoms with Crippen LogP contribution in [0.4, 0.5) is 0 Å². The van der Waals surface area contributed by atoms with Crippen LogP contribution >= 0.6 is 0 Å². The SMILES string of the molecule is CCc1ccc(O)c(C)c1C1(CN(C)CC2CC2)CCCC1(C)C. The molecule has 2 saturated carbocycles. The minimum absolute atomic E-state index is 0.158. The Morgan fingerprint density at radius 1 is 1.21 bits per heavy atom. The summed E-state index contributed by atoms with van der Waals surface area (Å²) in [6, 6.07) is 4.05. The van der Waals surface area contributed by atoms with Gasteiger partial charge in [-0.05, 0) is 80.2 Å². The molecule has 3 rings (SSSR count). The molecule has 1 unspecified atom stereocenters. The summed E-state index contributed by atoms with van der Waals surface area (Å²) in [5.41, 5.74) is 4.43. The smallest absolute Gasteiger partial charge is 0.118 e. The van der Waals surface area contributed by atoms with Crippen LogP contribution in [-0.2, 0) is 11.8 Å². The van der Waals surface area contributed by atoms with Crippen molar-refractivity contribution in [1.29, 1.82) is 0 Å². The molecule has 2 heteroatoms. The molecule has 0 amide bonds. The quantitative estimate of drug-likeness (QED) is 0.789. The summed E-state index contributed by atoms with van der Waals surface area (Å²) in [5.74, 6) is 1.39. The highest BCUT2D eigenvalue weighted by Gasteiger charge is 2.52. The van der Waals surface area contributed by atoms with Gasteiger partial charge in [0.2, 0.25) is 0 Å². The fourth-order valence-corrected chi connectivity index (χ4v) is 5.23. The molecule has 0 spiro atoms. The Morgan fingerprint density at radius 3 is 2.46 bits per heavy atom. The fourth-order valence-electron chi connectivity index (χ4n) is 5.23. The maximum Gasteiger partial charge on any atom is 0.118 e. The largest absolute Gasteiger partial charge is 0.508 e. The molecule has 2 aliphatic rings. The van der Waals surface area contributed by atoms with E-state index in [-0.39, 0.29) is 10.8 Å². The maximum absolute atomic E-state index is 10.4. The Hall–Kier alpha value is -1.02. The molecule has 2 aliphatic carbocycles. The van der Waals surface area contributed by atoms with E-state index < -0.39 is 0 Å². The Morgan fingerprint density at radius 2 is 1.92 bits per heavy atom. The molecule has 0 heterocycles. The number of rotatable bonds is 6. The van der Waals surface area contributed by atoms with E-state index in [4.69, 9.17) is 0 Å². The molecule has 1 aromatic rings. The molecule has 134 valence electrons. The minimum atomic E-state index is 0.158. The van der Waals surface area contributed by atoms with Gasteiger partial charge in [0.25, 0.3) is 0 Å². The Bertz CT molecular complexity index is 602. The van der Waals surface area contributed by atoms with E-state index in [0.29, 0.717) is 5.75 Å². The number of hydrogen-bond acceptors (Lipinski definition) is 2. The summed E-state index contributed by atoms with van der Waals surface area (Å²) < 4.78 is 0. The number of hydrogen-bond donors (Lipinski definition) is 1. The van der Waals surface area contributed by atoms with Crippen LogP contribution in [0.25, 0.3) is 0 Å². The molecule has 1 N–H and O–H groups in total. The van der Waals surface area contributed by atoms with E-state index in [2.05, 4.69) is 45.7 Å². The van der Waals surface area contributed by atoms with Crippen molar-refractivity contribution < 1.29 is 5.11 Å². The molecule has 0 aromatic heterocycles. The molecule has 0 aliphatic heterocycles. The lowest BCUT2D eigenvalue weighted by atomic mass is 9.61. The van der Waals surface area contributed by atoms with Crippen LogP contribution in [0.1, 0.15) is 69.6 Å². The van der Waals surface area contributed by atoms with Gasteiger partial charge in [-0.1, -0.05) is 33.3 Å². The average Bonchev–Trinajstić information content (AvgIpc) is 3.27. The monoisotopic (exact) mass is 329 g/mol. The first-order valence-corrected chi connectivity index (χ1v) is 9.81. The summed E-state index contributed by atoms with van der Waals surface area (Å²) in [5, 5.41) is 10.4. The third-order valence-corrected chi connectivity index (χ3v) is 6.89. The minimum Gasteiger partial charge on any atom is -0.508 e. The van der Waals surface area contributed by atoms with E-state index in [1.165, 1.54) is 49.8 Å². The van der Waals surface area contributed by atoms with Crippen molar-refractivity contribution in [3.05, 3.63) is 28.8 Å². The van der Waals surface area contributed by atoms with Gasteiger partial charge in [-0.25, -0.2) is 0 Å². The van der Waals surface area contributed by atoms with Crippen LogP contribution in [0.2, 0.25) is 0 Å². The third-order valence-electron chi connectivity index (χ3n) is 6.89. The number of likely N-dealkylation sites (N-methyl/N-ethyl adjacent to an activating group) is 1. The number of aryl methyl sites for hydroxylation is 1. The number of phenolic OH excluding ortho intramolecular Hbond substituents is 1. The lowest BCUT2D eigenvalue weighted by Crippen LogP contribution is -2.47. The van der Waals surface area contributed by atoms with E-state index in [9.17, 15) is 5.11 Å². The van der Waals surface area contributed by atoms with E-state index in [0.717, 1.165) is 24.4 Å². The zero-order valence-corrected chi connectivity index (χ0v) is 16.3. The van der Waals surface area contributed by atoms with Gasteiger partial charge in [0.05, 0.1) is 0 Å². The van der Waals surface area contributed by atoms with Crippen molar-refractivity contribution in [2.75, 3.05) is 20.1 Å². The van der Waals surface area contributed by atoms with Gasteiger partial charge in [0, 0.05) is 18.5 Å². The van der Waals surface area contributed by atoms with Gasteiger partial charge < -0.3 is 10.0 Å². The first-order chi connectivity index (χ1) is 11.3. The second-order valence-corrected chi connectivity index (χ2v) is 9.06. The number of phenols is 1. The fraction of sp³-hybridized carbons (Fsp3) is 0.727. The van der Waals surface area contributed by atoms with Crippen molar-refractivity contribution in [2.45, 2.75) is 71.6 Å². The topological polar surface area (TPSA) is 23.5 Å². The third kappa shape index (κ3) is 2.98. The summed E-state index contributed by atoms with van der Waals surface area (Å²) in [4.78, 5) is 2.58. The molecule has 0 saturated heterocycles. The summed E-state index contributed by atoms with van der Waals surface area (Å²) in [7, 11) is 2.30. The van der Waals surface area contributed by atoms with Crippen LogP contribution in [0.15, 0.2) is 12.1 Å². The zero-order chi connectivity index (χ0) is 17.5. The number of benzene rings is 1. The van der Waals surface area contributed by atoms with E-state index >= 15 is 0 Å². The molecule has 2 fully saturated rings. The standard InChI is InChI=1S/C22H35NO/c1-6-18-10-11-19(24)16(2)20(18)22(13-7-12-21(22,3)4)15-23(5)14-17-8-9-17/h10-11,17,24H,6-9,12-15H2,1-5H3. The highest BCUT2D eigenvalue weighted by molar-refractivity contribution is 5.50. The Balaban J connectivity index is 2.07. The Kier molecular flexibility index (Phi) is 4.72. The van der Waals surface area contributed by atoms with Crippen molar-refractivity contribution in [3.63, 3.8) is 0 Å². The lowest BCUT2D eigenvalue weighted by molar-refractivity contribution is 0.134. The van der Waals surface area contributed by atoms with E-state index in [1.807, 2.05) is 6.07 Å². The van der Waals surface area contributed by atoms with Crippen molar-refractivity contribution in [1.82, 2.24) is 4.90 Å². The second-order valence-electron chi connectivity index (χ2n) is 9.06. The molecular weight excluding hydrogens is 294 g/mol. The molecule has 0 bridgehead atoms. The second kappa shape index (κ2) is 6.37.